The Balaban J connectivity index is 1.62. The summed E-state index contributed by atoms with van der Waals surface area (Å²) in [5, 5.41) is 3.03. The van der Waals surface area contributed by atoms with Gasteiger partial charge in [0.05, 0.1) is 18.8 Å². The molecule has 1 atom stereocenters. The van der Waals surface area contributed by atoms with Gasteiger partial charge in [0.1, 0.15) is 12.3 Å². The summed E-state index contributed by atoms with van der Waals surface area (Å²) < 4.78 is 6.13. The number of ether oxygens (including phenoxy) is 1. The van der Waals surface area contributed by atoms with Crippen LogP contribution < -0.4 is 15.0 Å². The van der Waals surface area contributed by atoms with Gasteiger partial charge in [-0.2, -0.15) is 0 Å². The van der Waals surface area contributed by atoms with Crippen LogP contribution in [0.4, 0.5) is 5.69 Å². The van der Waals surface area contributed by atoms with Gasteiger partial charge >= 0.3 is 0 Å². The smallest absolute Gasteiger partial charge is 0.279 e. The molecule has 25 heavy (non-hydrogen) atoms. The number of benzene rings is 2. The van der Waals surface area contributed by atoms with Gasteiger partial charge in [0.15, 0.2) is 6.54 Å². The van der Waals surface area contributed by atoms with E-state index in [1.165, 1.54) is 23.3 Å². The summed E-state index contributed by atoms with van der Waals surface area (Å²) in [6, 6.07) is 14.7. The molecule has 0 bridgehead atoms. The summed E-state index contributed by atoms with van der Waals surface area (Å²) in [6.45, 7) is 3.37. The topological polar surface area (TPSA) is 42.8 Å². The predicted octanol–water partition coefficient (Wildman–Crippen LogP) is 2.95. The highest BCUT2D eigenvalue weighted by Crippen LogP contribution is 2.23. The van der Waals surface area contributed by atoms with Gasteiger partial charge in [-0.15, -0.1) is 0 Å². The number of hydrogen-bond donors (Lipinski definition) is 2. The Morgan fingerprint density at radius 3 is 2.56 bits per heavy atom. The van der Waals surface area contributed by atoms with Gasteiger partial charge in [-0.25, -0.2) is 0 Å². The second kappa shape index (κ2) is 8.02. The number of aryl methyl sites for hydroxylation is 1. The lowest BCUT2D eigenvalue weighted by Gasteiger charge is -2.19. The standard InChI is InChI=1S/C20H23BrN2O2/c1-14-3-10-19(18(21)11-14)22-20(24)13-23(16-6-7-16)12-15-4-8-17(25-2)9-5-15/h3-5,8-11,16H,6-7,12-13H2,1-2H3,(H,22,24)/p+1. The Bertz CT molecular complexity index is 742. The lowest BCUT2D eigenvalue weighted by Crippen LogP contribution is -3.13. The van der Waals surface area contributed by atoms with Crippen molar-refractivity contribution in [1.29, 1.82) is 0 Å². The molecular weight excluding hydrogens is 380 g/mol. The summed E-state index contributed by atoms with van der Waals surface area (Å²) in [4.78, 5) is 13.8. The second-order valence-electron chi connectivity index (χ2n) is 6.67. The van der Waals surface area contributed by atoms with Gasteiger partial charge in [-0.3, -0.25) is 4.79 Å². The molecule has 0 radical (unpaired) electrons. The van der Waals surface area contributed by atoms with Crippen LogP contribution in [-0.2, 0) is 11.3 Å². The van der Waals surface area contributed by atoms with Gasteiger partial charge in [0.2, 0.25) is 0 Å². The van der Waals surface area contributed by atoms with Crippen LogP contribution in [0.3, 0.4) is 0 Å². The number of carbonyl (C=O) groups excluding carboxylic acids is 1. The molecule has 0 aromatic heterocycles. The van der Waals surface area contributed by atoms with Crippen molar-refractivity contribution in [2.45, 2.75) is 32.4 Å². The summed E-state index contributed by atoms with van der Waals surface area (Å²) >= 11 is 3.52. The van der Waals surface area contributed by atoms with Crippen molar-refractivity contribution < 1.29 is 14.4 Å². The number of amides is 1. The van der Waals surface area contributed by atoms with Crippen LogP contribution in [0.25, 0.3) is 0 Å². The minimum atomic E-state index is 0.0555. The first-order valence-electron chi connectivity index (χ1n) is 8.58. The minimum Gasteiger partial charge on any atom is -0.497 e. The molecular formula is C20H24BrN2O2+. The van der Waals surface area contributed by atoms with E-state index < -0.39 is 0 Å². The van der Waals surface area contributed by atoms with E-state index in [0.717, 1.165) is 28.0 Å². The predicted molar refractivity (Wildman–Crippen MR) is 103 cm³/mol. The highest BCUT2D eigenvalue weighted by Gasteiger charge is 2.34. The second-order valence-corrected chi connectivity index (χ2v) is 7.52. The van der Waals surface area contributed by atoms with Gasteiger partial charge in [-0.1, -0.05) is 6.07 Å². The van der Waals surface area contributed by atoms with Gasteiger partial charge in [-0.05, 0) is 64.8 Å². The Labute approximate surface area is 157 Å². The Hall–Kier alpha value is -1.85. The van der Waals surface area contributed by atoms with E-state index in [-0.39, 0.29) is 5.91 Å². The molecule has 0 heterocycles. The summed E-state index contributed by atoms with van der Waals surface area (Å²) in [7, 11) is 1.67. The number of halogens is 1. The SMILES string of the molecule is COc1ccc(C[NH+](CC(=O)Nc2ccc(C)cc2Br)C2CC2)cc1. The fourth-order valence-corrected chi connectivity index (χ4v) is 3.56. The maximum atomic E-state index is 12.5. The van der Waals surface area contributed by atoms with E-state index >= 15 is 0 Å². The van der Waals surface area contributed by atoms with Crippen molar-refractivity contribution in [2.75, 3.05) is 19.0 Å². The highest BCUT2D eigenvalue weighted by molar-refractivity contribution is 9.10. The van der Waals surface area contributed by atoms with Gasteiger partial charge in [0, 0.05) is 22.9 Å². The lowest BCUT2D eigenvalue weighted by atomic mass is 10.2. The first kappa shape index (κ1) is 18.0. The number of anilines is 1. The number of nitrogens with one attached hydrogen (secondary N) is 2. The molecule has 0 aliphatic heterocycles. The van der Waals surface area contributed by atoms with Gasteiger partial charge < -0.3 is 15.0 Å². The molecule has 1 aliphatic carbocycles. The fraction of sp³-hybridized carbons (Fsp3) is 0.350. The largest absolute Gasteiger partial charge is 0.497 e. The number of carbonyl (C=O) groups is 1. The van der Waals surface area contributed by atoms with Crippen LogP contribution in [0.15, 0.2) is 46.9 Å². The molecule has 0 saturated heterocycles. The molecule has 2 aromatic carbocycles. The zero-order valence-electron chi connectivity index (χ0n) is 14.6. The molecule has 1 saturated carbocycles. The van der Waals surface area contributed by atoms with Crippen molar-refractivity contribution in [3.05, 3.63) is 58.1 Å². The van der Waals surface area contributed by atoms with Crippen LogP contribution in [0.2, 0.25) is 0 Å². The maximum absolute atomic E-state index is 12.5. The first-order chi connectivity index (χ1) is 12.0. The van der Waals surface area contributed by atoms with E-state index in [4.69, 9.17) is 4.74 Å². The average Bonchev–Trinajstić information content (AvgIpc) is 3.42. The zero-order chi connectivity index (χ0) is 17.8. The van der Waals surface area contributed by atoms with Crippen molar-refractivity contribution in [3.8, 4) is 5.75 Å². The number of hydrogen-bond acceptors (Lipinski definition) is 2. The van der Waals surface area contributed by atoms with E-state index in [9.17, 15) is 4.79 Å². The highest BCUT2D eigenvalue weighted by atomic mass is 79.9. The third-order valence-corrected chi connectivity index (χ3v) is 5.19. The molecule has 2 aromatic rings. The minimum absolute atomic E-state index is 0.0555. The summed E-state index contributed by atoms with van der Waals surface area (Å²) in [5.41, 5.74) is 3.22. The molecule has 1 unspecified atom stereocenters. The van der Waals surface area contributed by atoms with E-state index in [0.29, 0.717) is 12.6 Å². The van der Waals surface area contributed by atoms with Crippen molar-refractivity contribution in [3.63, 3.8) is 0 Å². The molecule has 132 valence electrons. The molecule has 2 N–H and O–H groups in total. The fourth-order valence-electron chi connectivity index (χ4n) is 2.97. The van der Waals surface area contributed by atoms with E-state index in [1.807, 2.05) is 37.3 Å². The number of quaternary nitrogens is 1. The molecule has 3 rings (SSSR count). The van der Waals surface area contributed by atoms with Crippen LogP contribution in [-0.4, -0.2) is 25.6 Å². The van der Waals surface area contributed by atoms with Gasteiger partial charge in [0.25, 0.3) is 5.91 Å². The normalized spacial score (nSPS) is 14.8. The van der Waals surface area contributed by atoms with E-state index in [2.05, 4.69) is 33.4 Å². The Morgan fingerprint density at radius 2 is 1.96 bits per heavy atom. The molecule has 0 spiro atoms. The number of rotatable bonds is 7. The third-order valence-electron chi connectivity index (χ3n) is 4.53. The maximum Gasteiger partial charge on any atom is 0.279 e. The monoisotopic (exact) mass is 403 g/mol. The van der Waals surface area contributed by atoms with Crippen LogP contribution in [0.5, 0.6) is 5.75 Å². The average molecular weight is 404 g/mol. The van der Waals surface area contributed by atoms with Crippen LogP contribution in [0.1, 0.15) is 24.0 Å². The third kappa shape index (κ3) is 5.06. The summed E-state index contributed by atoms with van der Waals surface area (Å²) in [6.07, 6.45) is 2.40. The molecule has 1 amide bonds. The van der Waals surface area contributed by atoms with Crippen molar-refractivity contribution >= 4 is 27.5 Å². The van der Waals surface area contributed by atoms with Crippen LogP contribution >= 0.6 is 15.9 Å². The zero-order valence-corrected chi connectivity index (χ0v) is 16.2. The lowest BCUT2D eigenvalue weighted by molar-refractivity contribution is -0.916. The van der Waals surface area contributed by atoms with Crippen molar-refractivity contribution in [1.82, 2.24) is 0 Å². The number of methoxy groups -OCH3 is 1. The molecule has 1 fully saturated rings. The van der Waals surface area contributed by atoms with Crippen LogP contribution in [0, 0.1) is 6.92 Å². The van der Waals surface area contributed by atoms with Crippen molar-refractivity contribution in [2.24, 2.45) is 0 Å². The first-order valence-corrected chi connectivity index (χ1v) is 9.38. The van der Waals surface area contributed by atoms with E-state index in [1.54, 1.807) is 7.11 Å². The molecule has 4 nitrogen and oxygen atoms in total. The molecule has 1 aliphatic rings. The Kier molecular flexibility index (Phi) is 5.76. The quantitative estimate of drug-likeness (QED) is 0.745. The summed E-state index contributed by atoms with van der Waals surface area (Å²) in [5.74, 6) is 0.915. The Morgan fingerprint density at radius 1 is 1.24 bits per heavy atom. The molecule has 5 heteroatoms.